The van der Waals surface area contributed by atoms with Crippen LogP contribution in [0.5, 0.6) is 5.75 Å². The fourth-order valence-corrected chi connectivity index (χ4v) is 2.64. The summed E-state index contributed by atoms with van der Waals surface area (Å²) >= 11 is 0. The van der Waals surface area contributed by atoms with Crippen molar-refractivity contribution >= 4 is 11.9 Å². The third-order valence-corrected chi connectivity index (χ3v) is 3.74. The summed E-state index contributed by atoms with van der Waals surface area (Å²) in [6.07, 6.45) is 2.58. The minimum Gasteiger partial charge on any atom is -0.508 e. The van der Waals surface area contributed by atoms with Crippen molar-refractivity contribution in [1.82, 2.24) is 4.90 Å². The Hall–Kier alpha value is -2.04. The van der Waals surface area contributed by atoms with E-state index in [1.807, 2.05) is 0 Å². The molecule has 0 unspecified atom stereocenters. The number of rotatable bonds is 3. The molecule has 1 heterocycles. The molecule has 1 saturated heterocycles. The monoisotopic (exact) mass is 277 g/mol. The van der Waals surface area contributed by atoms with Crippen molar-refractivity contribution in [3.8, 4) is 5.75 Å². The molecule has 0 aliphatic carbocycles. The number of amides is 1. The molecule has 5 nitrogen and oxygen atoms in total. The van der Waals surface area contributed by atoms with Gasteiger partial charge in [0.2, 0.25) is 0 Å². The zero-order valence-corrected chi connectivity index (χ0v) is 11.5. The summed E-state index contributed by atoms with van der Waals surface area (Å²) in [6.45, 7) is 2.33. The van der Waals surface area contributed by atoms with Gasteiger partial charge in [0, 0.05) is 18.2 Å². The van der Waals surface area contributed by atoms with Crippen molar-refractivity contribution in [1.29, 1.82) is 0 Å². The summed E-state index contributed by atoms with van der Waals surface area (Å²) < 4.78 is 0. The van der Waals surface area contributed by atoms with E-state index in [4.69, 9.17) is 5.11 Å². The number of likely N-dealkylation sites (tertiary alicyclic amines) is 1. The van der Waals surface area contributed by atoms with Gasteiger partial charge in [0.05, 0.1) is 6.42 Å². The number of phenols is 1. The largest absolute Gasteiger partial charge is 0.508 e. The highest BCUT2D eigenvalue weighted by Gasteiger charge is 2.29. The van der Waals surface area contributed by atoms with Crippen molar-refractivity contribution in [2.75, 3.05) is 6.54 Å². The van der Waals surface area contributed by atoms with Crippen LogP contribution in [0.3, 0.4) is 0 Å². The number of aromatic hydroxyl groups is 1. The van der Waals surface area contributed by atoms with Crippen LogP contribution >= 0.6 is 0 Å². The number of carbonyl (C=O) groups is 2. The molecule has 0 bridgehead atoms. The van der Waals surface area contributed by atoms with E-state index in [1.165, 1.54) is 6.07 Å². The lowest BCUT2D eigenvalue weighted by atomic mass is 9.98. The van der Waals surface area contributed by atoms with Crippen molar-refractivity contribution in [2.24, 2.45) is 0 Å². The fourth-order valence-electron chi connectivity index (χ4n) is 2.64. The molecular weight excluding hydrogens is 258 g/mol. The van der Waals surface area contributed by atoms with Crippen LogP contribution in [0.1, 0.15) is 41.6 Å². The lowest BCUT2D eigenvalue weighted by Gasteiger charge is -2.35. The summed E-state index contributed by atoms with van der Waals surface area (Å²) in [7, 11) is 0. The van der Waals surface area contributed by atoms with Gasteiger partial charge < -0.3 is 15.1 Å². The Morgan fingerprint density at radius 2 is 2.10 bits per heavy atom. The SMILES string of the molecule is Cc1cc(C(=O)N2CCCC[C@H]2CC(=O)O)ccc1O. The maximum absolute atomic E-state index is 12.5. The average molecular weight is 277 g/mol. The van der Waals surface area contributed by atoms with Crippen LogP contribution < -0.4 is 0 Å². The molecule has 0 radical (unpaired) electrons. The molecule has 2 rings (SSSR count). The van der Waals surface area contributed by atoms with E-state index in [9.17, 15) is 14.7 Å². The molecule has 20 heavy (non-hydrogen) atoms. The van der Waals surface area contributed by atoms with E-state index in [0.717, 1.165) is 19.3 Å². The molecule has 5 heteroatoms. The standard InChI is InChI=1S/C15H19NO4/c1-10-8-11(5-6-13(10)17)15(20)16-7-3-2-4-12(16)9-14(18)19/h5-6,8,12,17H,2-4,7,9H2,1H3,(H,18,19)/t12-/m0/s1. The molecule has 0 saturated carbocycles. The number of aryl methyl sites for hydroxylation is 1. The second kappa shape index (κ2) is 5.94. The van der Waals surface area contributed by atoms with E-state index >= 15 is 0 Å². The average Bonchev–Trinajstić information content (AvgIpc) is 2.41. The Morgan fingerprint density at radius 1 is 1.35 bits per heavy atom. The van der Waals surface area contributed by atoms with E-state index in [2.05, 4.69) is 0 Å². The number of aliphatic carboxylic acids is 1. The number of benzene rings is 1. The van der Waals surface area contributed by atoms with Crippen molar-refractivity contribution in [3.63, 3.8) is 0 Å². The maximum Gasteiger partial charge on any atom is 0.305 e. The first-order valence-electron chi connectivity index (χ1n) is 6.81. The van der Waals surface area contributed by atoms with Crippen LogP contribution in [0, 0.1) is 6.92 Å². The van der Waals surface area contributed by atoms with Gasteiger partial charge in [0.15, 0.2) is 0 Å². The van der Waals surface area contributed by atoms with E-state index in [1.54, 1.807) is 24.0 Å². The highest BCUT2D eigenvalue weighted by molar-refractivity contribution is 5.95. The Labute approximate surface area is 117 Å². The minimum atomic E-state index is -0.878. The zero-order chi connectivity index (χ0) is 14.7. The summed E-state index contributed by atoms with van der Waals surface area (Å²) in [5, 5.41) is 18.4. The second-order valence-electron chi connectivity index (χ2n) is 5.25. The van der Waals surface area contributed by atoms with Gasteiger partial charge in [-0.05, 0) is 49.9 Å². The van der Waals surface area contributed by atoms with Crippen LogP contribution in [0.2, 0.25) is 0 Å². The van der Waals surface area contributed by atoms with E-state index in [0.29, 0.717) is 17.7 Å². The van der Waals surface area contributed by atoms with Gasteiger partial charge in [-0.25, -0.2) is 0 Å². The summed E-state index contributed by atoms with van der Waals surface area (Å²) in [5.74, 6) is -0.877. The summed E-state index contributed by atoms with van der Waals surface area (Å²) in [4.78, 5) is 25.1. The van der Waals surface area contributed by atoms with Crippen molar-refractivity contribution in [2.45, 2.75) is 38.6 Å². The molecule has 1 amide bonds. The Kier molecular flexibility index (Phi) is 4.27. The minimum absolute atomic E-state index is 0.0111. The van der Waals surface area contributed by atoms with E-state index < -0.39 is 5.97 Å². The molecule has 1 aromatic carbocycles. The lowest BCUT2D eigenvalue weighted by Crippen LogP contribution is -2.44. The molecule has 1 aliphatic rings. The van der Waals surface area contributed by atoms with Crippen molar-refractivity contribution in [3.05, 3.63) is 29.3 Å². The first-order valence-corrected chi connectivity index (χ1v) is 6.81. The summed E-state index contributed by atoms with van der Waals surface area (Å²) in [5.41, 5.74) is 1.14. The fraction of sp³-hybridized carbons (Fsp3) is 0.467. The van der Waals surface area contributed by atoms with Gasteiger partial charge in [0.1, 0.15) is 5.75 Å². The van der Waals surface area contributed by atoms with Gasteiger partial charge in [-0.2, -0.15) is 0 Å². The number of hydrogen-bond acceptors (Lipinski definition) is 3. The lowest BCUT2D eigenvalue weighted by molar-refractivity contribution is -0.138. The van der Waals surface area contributed by atoms with Gasteiger partial charge in [0.25, 0.3) is 5.91 Å². The third-order valence-electron chi connectivity index (χ3n) is 3.74. The third kappa shape index (κ3) is 3.10. The molecule has 1 fully saturated rings. The van der Waals surface area contributed by atoms with E-state index in [-0.39, 0.29) is 24.1 Å². The highest BCUT2D eigenvalue weighted by Crippen LogP contribution is 2.24. The van der Waals surface area contributed by atoms with Gasteiger partial charge >= 0.3 is 5.97 Å². The van der Waals surface area contributed by atoms with Crippen LogP contribution in [-0.4, -0.2) is 39.6 Å². The molecule has 0 spiro atoms. The number of nitrogens with zero attached hydrogens (tertiary/aromatic N) is 1. The van der Waals surface area contributed by atoms with Crippen LogP contribution in [0.25, 0.3) is 0 Å². The predicted octanol–water partition coefficient (Wildman–Crippen LogP) is 2.17. The quantitative estimate of drug-likeness (QED) is 0.887. The maximum atomic E-state index is 12.5. The zero-order valence-electron chi connectivity index (χ0n) is 11.5. The number of carbonyl (C=O) groups excluding carboxylic acids is 1. The molecule has 0 aromatic heterocycles. The smallest absolute Gasteiger partial charge is 0.305 e. The number of carboxylic acids is 1. The van der Waals surface area contributed by atoms with Crippen LogP contribution in [0.4, 0.5) is 0 Å². The summed E-state index contributed by atoms with van der Waals surface area (Å²) in [6, 6.07) is 4.49. The molecule has 1 atom stereocenters. The predicted molar refractivity (Wildman–Crippen MR) is 73.8 cm³/mol. The normalized spacial score (nSPS) is 18.9. The van der Waals surface area contributed by atoms with Crippen molar-refractivity contribution < 1.29 is 19.8 Å². The first kappa shape index (κ1) is 14.4. The molecule has 108 valence electrons. The number of phenolic OH excluding ortho intramolecular Hbond substituents is 1. The second-order valence-corrected chi connectivity index (χ2v) is 5.25. The van der Waals surface area contributed by atoms with Gasteiger partial charge in [-0.3, -0.25) is 9.59 Å². The van der Waals surface area contributed by atoms with Crippen LogP contribution in [0.15, 0.2) is 18.2 Å². The molecule has 1 aromatic rings. The van der Waals surface area contributed by atoms with Gasteiger partial charge in [-0.15, -0.1) is 0 Å². The Balaban J connectivity index is 2.20. The van der Waals surface area contributed by atoms with Crippen LogP contribution in [-0.2, 0) is 4.79 Å². The Bertz CT molecular complexity index is 527. The molecule has 2 N–H and O–H groups in total. The molecular formula is C15H19NO4. The highest BCUT2D eigenvalue weighted by atomic mass is 16.4. The number of piperidine rings is 1. The topological polar surface area (TPSA) is 77.8 Å². The number of hydrogen-bond donors (Lipinski definition) is 2. The Morgan fingerprint density at radius 3 is 2.75 bits per heavy atom. The number of carboxylic acid groups (broad SMARTS) is 1. The first-order chi connectivity index (χ1) is 9.49. The molecule has 1 aliphatic heterocycles. The van der Waals surface area contributed by atoms with Gasteiger partial charge in [-0.1, -0.05) is 0 Å².